The minimum atomic E-state index is -0.584. The van der Waals surface area contributed by atoms with Gasteiger partial charge in [-0.25, -0.2) is 4.39 Å². The molecule has 1 aliphatic carbocycles. The first-order valence-electron chi connectivity index (χ1n) is 7.55. The fourth-order valence-electron chi connectivity index (χ4n) is 3.28. The summed E-state index contributed by atoms with van der Waals surface area (Å²) in [6.07, 6.45) is 2.09. The third kappa shape index (κ3) is 2.68. The number of carbonyl (C=O) groups is 1. The molecule has 0 bridgehead atoms. The van der Waals surface area contributed by atoms with Gasteiger partial charge in [-0.3, -0.25) is 4.79 Å². The van der Waals surface area contributed by atoms with E-state index in [1.165, 1.54) is 12.1 Å². The zero-order valence-electron chi connectivity index (χ0n) is 11.9. The number of benzene rings is 1. The molecule has 21 heavy (non-hydrogen) atoms. The number of hydrogen-bond donors (Lipinski definition) is 3. The Labute approximate surface area is 123 Å². The van der Waals surface area contributed by atoms with Crippen molar-refractivity contribution in [3.8, 4) is 0 Å². The maximum atomic E-state index is 13.4. The van der Waals surface area contributed by atoms with E-state index in [2.05, 4.69) is 10.6 Å². The molecule has 2 atom stereocenters. The Morgan fingerprint density at radius 2 is 2.24 bits per heavy atom. The number of hydrogen-bond acceptors (Lipinski definition) is 3. The van der Waals surface area contributed by atoms with Crippen LogP contribution in [0, 0.1) is 11.7 Å². The zero-order valence-corrected chi connectivity index (χ0v) is 11.9. The highest BCUT2D eigenvalue weighted by Crippen LogP contribution is 2.44. The van der Waals surface area contributed by atoms with Gasteiger partial charge in [0.05, 0.1) is 11.5 Å². The summed E-state index contributed by atoms with van der Waals surface area (Å²) in [6, 6.07) is 6.34. The highest BCUT2D eigenvalue weighted by Gasteiger charge is 2.45. The second-order valence-electron chi connectivity index (χ2n) is 6.14. The summed E-state index contributed by atoms with van der Waals surface area (Å²) in [6.45, 7) is 1.76. The fraction of sp³-hybridized carbons (Fsp3) is 0.562. The molecule has 2 unspecified atom stereocenters. The molecule has 3 N–H and O–H groups in total. The van der Waals surface area contributed by atoms with Crippen molar-refractivity contribution in [3.63, 3.8) is 0 Å². The van der Waals surface area contributed by atoms with Crippen molar-refractivity contribution >= 4 is 5.91 Å². The normalized spacial score (nSPS) is 27.1. The molecule has 1 aromatic rings. The number of rotatable bonds is 4. The predicted octanol–water partition coefficient (Wildman–Crippen LogP) is 0.944. The van der Waals surface area contributed by atoms with Crippen molar-refractivity contribution in [2.75, 3.05) is 19.6 Å². The molecule has 3 rings (SSSR count). The van der Waals surface area contributed by atoms with Crippen LogP contribution in [0.25, 0.3) is 0 Å². The Morgan fingerprint density at radius 1 is 1.43 bits per heavy atom. The topological polar surface area (TPSA) is 61.4 Å². The average Bonchev–Trinajstić information content (AvgIpc) is 2.81. The van der Waals surface area contributed by atoms with Gasteiger partial charge in [0.15, 0.2) is 0 Å². The number of nitrogens with one attached hydrogen (secondary N) is 2. The molecule has 2 aliphatic rings. The molecule has 4 nitrogen and oxygen atoms in total. The lowest BCUT2D eigenvalue weighted by Gasteiger charge is -2.41. The Balaban J connectivity index is 1.69. The van der Waals surface area contributed by atoms with E-state index < -0.39 is 11.5 Å². The highest BCUT2D eigenvalue weighted by molar-refractivity contribution is 5.89. The van der Waals surface area contributed by atoms with Crippen LogP contribution in [0.4, 0.5) is 4.39 Å². The van der Waals surface area contributed by atoms with E-state index in [1.54, 1.807) is 6.07 Å². The average molecular weight is 292 g/mol. The molecule has 1 aromatic carbocycles. The fourth-order valence-corrected chi connectivity index (χ4v) is 3.28. The predicted molar refractivity (Wildman–Crippen MR) is 77.3 cm³/mol. The number of β-amino-alcohol motifs (C(OH)–C–C–N with tert-alkyl or cyclic N) is 1. The van der Waals surface area contributed by atoms with Crippen molar-refractivity contribution in [1.82, 2.24) is 10.6 Å². The summed E-state index contributed by atoms with van der Waals surface area (Å²) in [5.74, 6) is -0.293. The second-order valence-corrected chi connectivity index (χ2v) is 6.14. The van der Waals surface area contributed by atoms with Crippen molar-refractivity contribution < 1.29 is 14.3 Å². The van der Waals surface area contributed by atoms with Gasteiger partial charge in [-0.15, -0.1) is 0 Å². The first kappa shape index (κ1) is 14.5. The zero-order chi connectivity index (χ0) is 14.9. The van der Waals surface area contributed by atoms with Crippen molar-refractivity contribution in [3.05, 3.63) is 35.6 Å². The SMILES string of the molecule is O=C(NCC1CNCC1O)C1(c2cccc(F)c2)CCC1. The third-order valence-electron chi connectivity index (χ3n) is 4.85. The summed E-state index contributed by atoms with van der Waals surface area (Å²) in [5, 5.41) is 15.8. The maximum absolute atomic E-state index is 13.4. The van der Waals surface area contributed by atoms with Gasteiger partial charge in [0, 0.05) is 25.6 Å². The van der Waals surface area contributed by atoms with Crippen molar-refractivity contribution in [2.45, 2.75) is 30.8 Å². The van der Waals surface area contributed by atoms with Crippen LogP contribution in [-0.4, -0.2) is 36.8 Å². The van der Waals surface area contributed by atoms with Crippen LogP contribution in [0.5, 0.6) is 0 Å². The molecule has 0 spiro atoms. The van der Waals surface area contributed by atoms with E-state index >= 15 is 0 Å². The number of aliphatic hydroxyl groups is 1. The van der Waals surface area contributed by atoms with Gasteiger partial charge < -0.3 is 15.7 Å². The standard InChI is InChI=1S/C16H21FN2O2/c17-13-4-1-3-12(7-13)16(5-2-6-16)15(21)19-9-11-8-18-10-14(11)20/h1,3-4,7,11,14,18,20H,2,5-6,8-10H2,(H,19,21). The van der Waals surface area contributed by atoms with Gasteiger partial charge in [-0.05, 0) is 30.5 Å². The minimum Gasteiger partial charge on any atom is -0.391 e. The monoisotopic (exact) mass is 292 g/mol. The van der Waals surface area contributed by atoms with Crippen LogP contribution in [-0.2, 0) is 10.2 Å². The summed E-state index contributed by atoms with van der Waals surface area (Å²) in [7, 11) is 0. The van der Waals surface area contributed by atoms with Gasteiger partial charge in [-0.1, -0.05) is 18.6 Å². The van der Waals surface area contributed by atoms with Crippen LogP contribution in [0.1, 0.15) is 24.8 Å². The number of aliphatic hydroxyl groups excluding tert-OH is 1. The second kappa shape index (κ2) is 5.73. The largest absolute Gasteiger partial charge is 0.391 e. The quantitative estimate of drug-likeness (QED) is 0.774. The van der Waals surface area contributed by atoms with Gasteiger partial charge >= 0.3 is 0 Å². The molecule has 1 heterocycles. The van der Waals surface area contributed by atoms with Crippen LogP contribution in [0.3, 0.4) is 0 Å². The molecule has 1 amide bonds. The Morgan fingerprint density at radius 3 is 2.81 bits per heavy atom. The molecule has 1 saturated heterocycles. The molecule has 5 heteroatoms. The molecular weight excluding hydrogens is 271 g/mol. The summed E-state index contributed by atoms with van der Waals surface area (Å²) < 4.78 is 13.4. The number of amides is 1. The van der Waals surface area contributed by atoms with E-state index in [0.717, 1.165) is 24.8 Å². The number of carbonyl (C=O) groups excluding carboxylic acids is 1. The lowest BCUT2D eigenvalue weighted by Crippen LogP contribution is -2.50. The van der Waals surface area contributed by atoms with Gasteiger partial charge in [0.2, 0.25) is 5.91 Å². The van der Waals surface area contributed by atoms with E-state index in [0.29, 0.717) is 19.6 Å². The summed E-state index contributed by atoms with van der Waals surface area (Å²) >= 11 is 0. The first-order chi connectivity index (χ1) is 10.1. The lowest BCUT2D eigenvalue weighted by atomic mass is 9.63. The van der Waals surface area contributed by atoms with Gasteiger partial charge in [-0.2, -0.15) is 0 Å². The van der Waals surface area contributed by atoms with E-state index in [4.69, 9.17) is 0 Å². The molecule has 0 aromatic heterocycles. The molecule has 114 valence electrons. The van der Waals surface area contributed by atoms with Crippen molar-refractivity contribution in [1.29, 1.82) is 0 Å². The summed E-state index contributed by atoms with van der Waals surface area (Å²) in [4.78, 5) is 12.6. The van der Waals surface area contributed by atoms with E-state index in [1.807, 2.05) is 6.07 Å². The van der Waals surface area contributed by atoms with Crippen LogP contribution in [0.2, 0.25) is 0 Å². The Hall–Kier alpha value is -1.46. The minimum absolute atomic E-state index is 0.0431. The smallest absolute Gasteiger partial charge is 0.230 e. The van der Waals surface area contributed by atoms with Crippen LogP contribution in [0.15, 0.2) is 24.3 Å². The Kier molecular flexibility index (Phi) is 3.95. The molecule has 1 saturated carbocycles. The van der Waals surface area contributed by atoms with Crippen LogP contribution < -0.4 is 10.6 Å². The maximum Gasteiger partial charge on any atom is 0.230 e. The van der Waals surface area contributed by atoms with Gasteiger partial charge in [0.25, 0.3) is 0 Å². The van der Waals surface area contributed by atoms with Gasteiger partial charge in [0.1, 0.15) is 5.82 Å². The van der Waals surface area contributed by atoms with Crippen LogP contribution >= 0.6 is 0 Å². The molecular formula is C16H21FN2O2. The molecule has 1 aliphatic heterocycles. The van der Waals surface area contributed by atoms with E-state index in [-0.39, 0.29) is 17.6 Å². The summed E-state index contributed by atoms with van der Waals surface area (Å²) in [5.41, 5.74) is 0.176. The first-order valence-corrected chi connectivity index (χ1v) is 7.55. The molecule has 2 fully saturated rings. The van der Waals surface area contributed by atoms with Crippen molar-refractivity contribution in [2.24, 2.45) is 5.92 Å². The third-order valence-corrected chi connectivity index (χ3v) is 4.85. The van der Waals surface area contributed by atoms with E-state index in [9.17, 15) is 14.3 Å². The molecule has 0 radical (unpaired) electrons. The Bertz CT molecular complexity index is 531. The lowest BCUT2D eigenvalue weighted by molar-refractivity contribution is -0.130. The number of halogens is 1. The highest BCUT2D eigenvalue weighted by atomic mass is 19.1.